The van der Waals surface area contributed by atoms with Crippen LogP contribution in [0.15, 0.2) is 0 Å². The van der Waals surface area contributed by atoms with Crippen molar-refractivity contribution >= 4 is 17.9 Å². The van der Waals surface area contributed by atoms with Gasteiger partial charge in [-0.2, -0.15) is 0 Å². The van der Waals surface area contributed by atoms with Crippen molar-refractivity contribution in [3.05, 3.63) is 0 Å². The molecule has 0 saturated heterocycles. The predicted molar refractivity (Wildman–Crippen MR) is 224 cm³/mol. The zero-order valence-corrected chi connectivity index (χ0v) is 36.3. The zero-order chi connectivity index (χ0) is 39.2. The van der Waals surface area contributed by atoms with Gasteiger partial charge in [0.1, 0.15) is 13.2 Å². The lowest BCUT2D eigenvalue weighted by Gasteiger charge is -2.18. The Balaban J connectivity index is 4.35. The fourth-order valence-corrected chi connectivity index (χ4v) is 6.81. The van der Waals surface area contributed by atoms with Crippen LogP contribution >= 0.6 is 0 Å². The van der Waals surface area contributed by atoms with E-state index >= 15 is 0 Å². The summed E-state index contributed by atoms with van der Waals surface area (Å²) in [4.78, 5) is 37.7. The highest BCUT2D eigenvalue weighted by Gasteiger charge is 2.19. The third kappa shape index (κ3) is 38.5. The lowest BCUT2D eigenvalue weighted by Crippen LogP contribution is -2.30. The standard InChI is InChI=1S/C47H90O6/c1-7-42(5)34-28-22-16-11-9-10-12-17-24-30-36-45(48)51-39-44(40-52-46(49)37-31-25-20-19-23-29-35-43(6)8-2)53-47(50)38-32-26-18-14-13-15-21-27-33-41(3)4/h41-44H,7-40H2,1-6H3/t42?,43?,44-/m0/s1. The molecule has 0 radical (unpaired) electrons. The predicted octanol–water partition coefficient (Wildman–Crippen LogP) is 14.4. The Morgan fingerprint density at radius 2 is 0.660 bits per heavy atom. The van der Waals surface area contributed by atoms with Crippen LogP contribution in [-0.4, -0.2) is 37.2 Å². The van der Waals surface area contributed by atoms with Crippen molar-refractivity contribution < 1.29 is 28.6 Å². The van der Waals surface area contributed by atoms with Gasteiger partial charge in [-0.15, -0.1) is 0 Å². The van der Waals surface area contributed by atoms with Gasteiger partial charge in [-0.25, -0.2) is 0 Å². The van der Waals surface area contributed by atoms with Crippen molar-refractivity contribution in [3.8, 4) is 0 Å². The molecule has 0 aromatic rings. The third-order valence-electron chi connectivity index (χ3n) is 11.1. The van der Waals surface area contributed by atoms with Crippen LogP contribution in [0.5, 0.6) is 0 Å². The Morgan fingerprint density at radius 1 is 0.377 bits per heavy atom. The fraction of sp³-hybridized carbons (Fsp3) is 0.936. The van der Waals surface area contributed by atoms with Gasteiger partial charge in [0.15, 0.2) is 6.10 Å². The summed E-state index contributed by atoms with van der Waals surface area (Å²) in [5, 5.41) is 0. The SMILES string of the molecule is CCC(C)CCCCCCCCCCCCC(=O)OC[C@@H](COC(=O)CCCCCCCCC(C)CC)OC(=O)CCCCCCCCCCC(C)C. The fourth-order valence-electron chi connectivity index (χ4n) is 6.81. The largest absolute Gasteiger partial charge is 0.462 e. The van der Waals surface area contributed by atoms with Crippen molar-refractivity contribution in [2.45, 2.75) is 253 Å². The highest BCUT2D eigenvalue weighted by atomic mass is 16.6. The van der Waals surface area contributed by atoms with Crippen molar-refractivity contribution in [2.75, 3.05) is 13.2 Å². The first-order valence-electron chi connectivity index (χ1n) is 23.2. The van der Waals surface area contributed by atoms with Gasteiger partial charge in [0.2, 0.25) is 0 Å². The molecule has 0 aliphatic heterocycles. The molecule has 53 heavy (non-hydrogen) atoms. The molecule has 6 nitrogen and oxygen atoms in total. The summed E-state index contributed by atoms with van der Waals surface area (Å²) in [7, 11) is 0. The molecule has 0 fully saturated rings. The molecular weight excluding hydrogens is 661 g/mol. The third-order valence-corrected chi connectivity index (χ3v) is 11.1. The van der Waals surface area contributed by atoms with Crippen molar-refractivity contribution in [1.29, 1.82) is 0 Å². The molecule has 0 amide bonds. The summed E-state index contributed by atoms with van der Waals surface area (Å²) in [6.07, 6.45) is 35.2. The lowest BCUT2D eigenvalue weighted by molar-refractivity contribution is -0.167. The van der Waals surface area contributed by atoms with Gasteiger partial charge in [-0.3, -0.25) is 14.4 Å². The van der Waals surface area contributed by atoms with Gasteiger partial charge < -0.3 is 14.2 Å². The van der Waals surface area contributed by atoms with Gasteiger partial charge in [0.25, 0.3) is 0 Å². The summed E-state index contributed by atoms with van der Waals surface area (Å²) in [5.74, 6) is 1.61. The summed E-state index contributed by atoms with van der Waals surface area (Å²) in [6.45, 7) is 13.6. The van der Waals surface area contributed by atoms with E-state index in [1.807, 2.05) is 0 Å². The second-order valence-electron chi connectivity index (χ2n) is 17.0. The van der Waals surface area contributed by atoms with E-state index < -0.39 is 6.10 Å². The molecule has 2 unspecified atom stereocenters. The van der Waals surface area contributed by atoms with Crippen LogP contribution in [0.2, 0.25) is 0 Å². The Bertz CT molecular complexity index is 826. The van der Waals surface area contributed by atoms with E-state index in [1.54, 1.807) is 0 Å². The number of esters is 3. The van der Waals surface area contributed by atoms with E-state index in [4.69, 9.17) is 14.2 Å². The summed E-state index contributed by atoms with van der Waals surface area (Å²) < 4.78 is 16.7. The van der Waals surface area contributed by atoms with Crippen LogP contribution in [-0.2, 0) is 28.6 Å². The highest BCUT2D eigenvalue weighted by Crippen LogP contribution is 2.18. The van der Waals surface area contributed by atoms with E-state index in [0.29, 0.717) is 19.3 Å². The Hall–Kier alpha value is -1.59. The average Bonchev–Trinajstić information content (AvgIpc) is 3.14. The molecule has 0 saturated carbocycles. The molecule has 0 heterocycles. The molecule has 0 aliphatic carbocycles. The summed E-state index contributed by atoms with van der Waals surface area (Å²) >= 11 is 0. The van der Waals surface area contributed by atoms with Gasteiger partial charge in [0, 0.05) is 19.3 Å². The topological polar surface area (TPSA) is 78.9 Å². The molecule has 0 bridgehead atoms. The Labute approximate surface area is 329 Å². The number of carbonyl (C=O) groups is 3. The molecule has 6 heteroatoms. The average molecular weight is 751 g/mol. The number of unbranched alkanes of at least 4 members (excludes halogenated alkanes) is 21. The van der Waals surface area contributed by atoms with Crippen molar-refractivity contribution in [1.82, 2.24) is 0 Å². The smallest absolute Gasteiger partial charge is 0.306 e. The van der Waals surface area contributed by atoms with Crippen LogP contribution in [0.3, 0.4) is 0 Å². The van der Waals surface area contributed by atoms with Crippen LogP contribution in [0.4, 0.5) is 0 Å². The highest BCUT2D eigenvalue weighted by molar-refractivity contribution is 5.71. The van der Waals surface area contributed by atoms with E-state index in [-0.39, 0.29) is 31.1 Å². The van der Waals surface area contributed by atoms with Gasteiger partial charge in [-0.1, -0.05) is 208 Å². The molecule has 314 valence electrons. The lowest BCUT2D eigenvalue weighted by atomic mass is 9.99. The second kappa shape index (κ2) is 38.7. The van der Waals surface area contributed by atoms with Gasteiger partial charge in [0.05, 0.1) is 0 Å². The number of hydrogen-bond acceptors (Lipinski definition) is 6. The molecule has 0 rings (SSSR count). The minimum absolute atomic E-state index is 0.0668. The zero-order valence-electron chi connectivity index (χ0n) is 36.3. The Kier molecular flexibility index (Phi) is 37.5. The Morgan fingerprint density at radius 3 is 0.981 bits per heavy atom. The summed E-state index contributed by atoms with van der Waals surface area (Å²) in [5.41, 5.74) is 0. The minimum atomic E-state index is -0.762. The van der Waals surface area contributed by atoms with Crippen LogP contribution in [0.25, 0.3) is 0 Å². The van der Waals surface area contributed by atoms with E-state index in [2.05, 4.69) is 41.5 Å². The number of carbonyl (C=O) groups excluding carboxylic acids is 3. The quantitative estimate of drug-likeness (QED) is 0.0352. The molecule has 0 N–H and O–H groups in total. The monoisotopic (exact) mass is 751 g/mol. The van der Waals surface area contributed by atoms with E-state index in [9.17, 15) is 14.4 Å². The van der Waals surface area contributed by atoms with E-state index in [1.165, 1.54) is 128 Å². The maximum Gasteiger partial charge on any atom is 0.306 e. The minimum Gasteiger partial charge on any atom is -0.462 e. The van der Waals surface area contributed by atoms with Crippen molar-refractivity contribution in [3.63, 3.8) is 0 Å². The maximum atomic E-state index is 12.7. The number of rotatable bonds is 40. The normalized spacial score (nSPS) is 13.2. The number of ether oxygens (including phenoxy) is 3. The van der Waals surface area contributed by atoms with Gasteiger partial charge in [-0.05, 0) is 37.0 Å². The van der Waals surface area contributed by atoms with Gasteiger partial charge >= 0.3 is 17.9 Å². The first-order chi connectivity index (χ1) is 25.7. The molecule has 0 spiro atoms. The summed E-state index contributed by atoms with van der Waals surface area (Å²) in [6, 6.07) is 0. The maximum absolute atomic E-state index is 12.7. The van der Waals surface area contributed by atoms with E-state index in [0.717, 1.165) is 75.5 Å². The molecule has 0 aliphatic rings. The number of hydrogen-bond donors (Lipinski definition) is 0. The van der Waals surface area contributed by atoms with Crippen LogP contribution < -0.4 is 0 Å². The first-order valence-corrected chi connectivity index (χ1v) is 23.2. The molecular formula is C47H90O6. The van der Waals surface area contributed by atoms with Crippen molar-refractivity contribution in [2.24, 2.45) is 17.8 Å². The molecule has 0 aromatic carbocycles. The first kappa shape index (κ1) is 51.4. The van der Waals surface area contributed by atoms with Crippen LogP contribution in [0, 0.1) is 17.8 Å². The van der Waals surface area contributed by atoms with Crippen LogP contribution in [0.1, 0.15) is 247 Å². The molecule has 0 aromatic heterocycles. The second-order valence-corrected chi connectivity index (χ2v) is 17.0. The molecule has 3 atom stereocenters.